The summed E-state index contributed by atoms with van der Waals surface area (Å²) in [6.45, 7) is 0.273. The number of unbranched alkanes of at least 4 members (excludes halogenated alkanes) is 1. The summed E-state index contributed by atoms with van der Waals surface area (Å²) in [5.41, 5.74) is 9.25. The highest BCUT2D eigenvalue weighted by atomic mass is 32.2. The number of phenols is 1. The quantitative estimate of drug-likeness (QED) is 0.287. The molecule has 37 heavy (non-hydrogen) atoms. The fourth-order valence-corrected chi connectivity index (χ4v) is 5.55. The lowest BCUT2D eigenvalue weighted by molar-refractivity contribution is -0.122. The zero-order chi connectivity index (χ0) is 26.3. The molecule has 1 aliphatic carbocycles. The maximum atomic E-state index is 12.9. The molecule has 1 aromatic heterocycles. The van der Waals surface area contributed by atoms with Crippen LogP contribution in [-0.2, 0) is 27.7 Å². The summed E-state index contributed by atoms with van der Waals surface area (Å²) in [6.07, 6.45) is 7.07. The van der Waals surface area contributed by atoms with Gasteiger partial charge in [-0.05, 0) is 79.1 Å². The standard InChI is InChI=1S/C28H32N4O4S/c29-26(10-4-5-16-31-37(35,36)23-8-2-1-3-9-23)28(34)32-27-14-11-21-18-22(33)12-13-24(21)25(27)17-20-7-6-15-30-19-20/h1-3,6-9,12-13,15,18-19,26,31,33H,4-5,10-11,14,16-17,29H2,(H,32,34). The number of aryl methyl sites for hydroxylation is 1. The fraction of sp³-hybridized carbons (Fsp3) is 0.286. The molecular weight excluding hydrogens is 488 g/mol. The molecule has 1 aliphatic rings. The first-order valence-electron chi connectivity index (χ1n) is 12.4. The van der Waals surface area contributed by atoms with E-state index in [2.05, 4.69) is 15.0 Å². The maximum absolute atomic E-state index is 12.9. The predicted molar refractivity (Wildman–Crippen MR) is 142 cm³/mol. The average molecular weight is 521 g/mol. The number of sulfonamides is 1. The lowest BCUT2D eigenvalue weighted by Crippen LogP contribution is -2.45. The number of nitrogens with two attached hydrogens (primary N) is 1. The Labute approximate surface area is 218 Å². The number of amides is 1. The molecule has 0 bridgehead atoms. The van der Waals surface area contributed by atoms with Crippen LogP contribution >= 0.6 is 0 Å². The van der Waals surface area contributed by atoms with Crippen molar-refractivity contribution in [2.45, 2.75) is 49.5 Å². The van der Waals surface area contributed by atoms with Crippen LogP contribution in [0, 0.1) is 12.0 Å². The summed E-state index contributed by atoms with van der Waals surface area (Å²) < 4.78 is 27.2. The molecule has 0 fully saturated rings. The number of rotatable bonds is 11. The van der Waals surface area contributed by atoms with Gasteiger partial charge in [0, 0.05) is 24.9 Å². The number of hydrogen-bond acceptors (Lipinski definition) is 6. The third-order valence-electron chi connectivity index (χ3n) is 6.42. The minimum absolute atomic E-state index is 0.222. The highest BCUT2D eigenvalue weighted by Gasteiger charge is 2.33. The molecule has 1 atom stereocenters. The fourth-order valence-electron chi connectivity index (χ4n) is 4.45. The predicted octanol–water partition coefficient (Wildman–Crippen LogP) is 3.02. The van der Waals surface area contributed by atoms with E-state index in [9.17, 15) is 18.3 Å². The van der Waals surface area contributed by atoms with E-state index in [1.807, 2.05) is 18.2 Å². The molecule has 194 valence electrons. The molecule has 4 rings (SSSR count). The van der Waals surface area contributed by atoms with E-state index in [1.54, 1.807) is 54.9 Å². The number of benzene rings is 2. The molecule has 3 aromatic rings. The first kappa shape index (κ1) is 26.8. The van der Waals surface area contributed by atoms with Gasteiger partial charge in [-0.1, -0.05) is 36.8 Å². The third kappa shape index (κ3) is 7.15. The number of phenolic OH excluding ortho intramolecular Hbond substituents is 1. The molecule has 1 unspecified atom stereocenters. The lowest BCUT2D eigenvalue weighted by atomic mass is 9.76. The molecule has 0 aliphatic heterocycles. The molecule has 2 radical (unpaired) electrons. The van der Waals surface area contributed by atoms with Crippen molar-refractivity contribution in [3.63, 3.8) is 0 Å². The normalized spacial score (nSPS) is 15.2. The number of nitrogens with zero attached hydrogens (tertiary/aromatic N) is 1. The number of aromatic hydroxyl groups is 1. The highest BCUT2D eigenvalue weighted by molar-refractivity contribution is 7.89. The van der Waals surface area contributed by atoms with Crippen molar-refractivity contribution in [2.75, 3.05) is 6.54 Å². The van der Waals surface area contributed by atoms with Crippen LogP contribution < -0.4 is 15.8 Å². The number of nitrogens with one attached hydrogen (secondary N) is 2. The van der Waals surface area contributed by atoms with Crippen LogP contribution in [0.3, 0.4) is 0 Å². The minimum Gasteiger partial charge on any atom is -0.508 e. The lowest BCUT2D eigenvalue weighted by Gasteiger charge is -2.33. The molecule has 9 heteroatoms. The van der Waals surface area contributed by atoms with Crippen LogP contribution in [0.25, 0.3) is 0 Å². The third-order valence-corrected chi connectivity index (χ3v) is 7.90. The van der Waals surface area contributed by atoms with Gasteiger partial charge in [0.25, 0.3) is 0 Å². The van der Waals surface area contributed by atoms with E-state index >= 15 is 0 Å². The summed E-state index contributed by atoms with van der Waals surface area (Å²) in [7, 11) is -3.54. The van der Waals surface area contributed by atoms with E-state index in [1.165, 1.54) is 0 Å². The topological polar surface area (TPSA) is 134 Å². The summed E-state index contributed by atoms with van der Waals surface area (Å²) in [4.78, 5) is 17.4. The molecule has 0 saturated carbocycles. The number of fused-ring (bicyclic) bond motifs is 1. The van der Waals surface area contributed by atoms with E-state index in [-0.39, 0.29) is 23.1 Å². The van der Waals surface area contributed by atoms with Gasteiger partial charge < -0.3 is 16.2 Å². The second-order valence-corrected chi connectivity index (χ2v) is 10.9. The van der Waals surface area contributed by atoms with Crippen LogP contribution in [0.5, 0.6) is 5.75 Å². The van der Waals surface area contributed by atoms with Gasteiger partial charge in [0.2, 0.25) is 15.9 Å². The molecular formula is C28H32N4O4S. The Morgan fingerprint density at radius 3 is 2.62 bits per heavy atom. The van der Waals surface area contributed by atoms with Gasteiger partial charge in [-0.25, -0.2) is 13.1 Å². The van der Waals surface area contributed by atoms with Gasteiger partial charge in [-0.2, -0.15) is 0 Å². The van der Waals surface area contributed by atoms with Gasteiger partial charge in [-0.3, -0.25) is 9.78 Å². The second-order valence-electron chi connectivity index (χ2n) is 9.14. The Balaban J connectivity index is 1.31. The van der Waals surface area contributed by atoms with E-state index in [0.29, 0.717) is 38.5 Å². The summed E-state index contributed by atoms with van der Waals surface area (Å²) in [5, 5.41) is 13.0. The molecule has 0 spiro atoms. The SMILES string of the molecule is NC(CCCCNS(=O)(=O)c1ccccc1)C(=O)N[C]1CCc2cc(O)ccc2[C]1Cc1cccnc1. The first-order chi connectivity index (χ1) is 17.8. The smallest absolute Gasteiger partial charge is 0.240 e. The van der Waals surface area contributed by atoms with Crippen molar-refractivity contribution in [3.05, 3.63) is 102 Å². The Kier molecular flexibility index (Phi) is 8.91. The minimum atomic E-state index is -3.54. The van der Waals surface area contributed by atoms with Crippen molar-refractivity contribution in [1.29, 1.82) is 0 Å². The summed E-state index contributed by atoms with van der Waals surface area (Å²) in [5.74, 6) is 0.955. The molecule has 5 N–H and O–H groups in total. The van der Waals surface area contributed by atoms with Crippen LogP contribution in [0.1, 0.15) is 42.4 Å². The van der Waals surface area contributed by atoms with E-state index in [4.69, 9.17) is 5.73 Å². The number of carbonyl (C=O) groups is 1. The monoisotopic (exact) mass is 520 g/mol. The van der Waals surface area contributed by atoms with Crippen molar-refractivity contribution < 1.29 is 18.3 Å². The van der Waals surface area contributed by atoms with Gasteiger partial charge in [0.15, 0.2) is 0 Å². The van der Waals surface area contributed by atoms with E-state index in [0.717, 1.165) is 28.7 Å². The molecule has 1 amide bonds. The molecule has 0 saturated heterocycles. The van der Waals surface area contributed by atoms with Crippen molar-refractivity contribution >= 4 is 15.9 Å². The van der Waals surface area contributed by atoms with Gasteiger partial charge in [0.1, 0.15) is 5.75 Å². The average Bonchev–Trinajstić information content (AvgIpc) is 2.90. The van der Waals surface area contributed by atoms with Crippen LogP contribution in [0.4, 0.5) is 0 Å². The van der Waals surface area contributed by atoms with E-state index < -0.39 is 16.1 Å². The Hall–Kier alpha value is -3.27. The largest absolute Gasteiger partial charge is 0.508 e. The number of pyridine rings is 1. The first-order valence-corrected chi connectivity index (χ1v) is 13.9. The summed E-state index contributed by atoms with van der Waals surface area (Å²) in [6, 6.07) is 17.5. The Bertz CT molecular complexity index is 1290. The number of aromatic nitrogens is 1. The van der Waals surface area contributed by atoms with Crippen molar-refractivity contribution in [3.8, 4) is 5.75 Å². The zero-order valence-electron chi connectivity index (χ0n) is 20.6. The zero-order valence-corrected chi connectivity index (χ0v) is 21.4. The molecule has 8 nitrogen and oxygen atoms in total. The Morgan fingerprint density at radius 2 is 1.86 bits per heavy atom. The van der Waals surface area contributed by atoms with Gasteiger partial charge in [-0.15, -0.1) is 0 Å². The van der Waals surface area contributed by atoms with Crippen molar-refractivity contribution in [1.82, 2.24) is 15.0 Å². The number of hydrogen-bond donors (Lipinski definition) is 4. The number of carbonyl (C=O) groups excluding carboxylic acids is 1. The highest BCUT2D eigenvalue weighted by Crippen LogP contribution is 2.39. The Morgan fingerprint density at radius 1 is 1.05 bits per heavy atom. The maximum Gasteiger partial charge on any atom is 0.240 e. The van der Waals surface area contributed by atoms with Crippen LogP contribution in [0.15, 0.2) is 78.0 Å². The van der Waals surface area contributed by atoms with Gasteiger partial charge >= 0.3 is 0 Å². The molecule has 2 aromatic carbocycles. The van der Waals surface area contributed by atoms with Gasteiger partial charge in [0.05, 0.1) is 17.0 Å². The second kappa shape index (κ2) is 12.3. The van der Waals surface area contributed by atoms with Crippen LogP contribution in [-0.4, -0.2) is 37.0 Å². The van der Waals surface area contributed by atoms with Crippen molar-refractivity contribution in [2.24, 2.45) is 5.73 Å². The summed E-state index contributed by atoms with van der Waals surface area (Å²) >= 11 is 0. The molecule has 1 heterocycles. The van der Waals surface area contributed by atoms with Crippen LogP contribution in [0.2, 0.25) is 0 Å².